The van der Waals surface area contributed by atoms with Gasteiger partial charge in [-0.05, 0) is 66.5 Å². The van der Waals surface area contributed by atoms with Crippen LogP contribution < -0.4 is 0 Å². The highest BCUT2D eigenvalue weighted by Crippen LogP contribution is 2.42. The zero-order valence-electron chi connectivity index (χ0n) is 18.2. The number of rotatable bonds is 5. The van der Waals surface area contributed by atoms with Crippen molar-refractivity contribution in [3.63, 3.8) is 0 Å². The molecule has 0 unspecified atom stereocenters. The van der Waals surface area contributed by atoms with Crippen LogP contribution in [0.15, 0.2) is 35.3 Å². The molecule has 0 aliphatic rings. The Bertz CT molecular complexity index is 1460. The Hall–Kier alpha value is -2.82. The van der Waals surface area contributed by atoms with Crippen molar-refractivity contribution in [1.82, 2.24) is 0 Å². The van der Waals surface area contributed by atoms with Crippen molar-refractivity contribution >= 4 is 55.1 Å². The molecule has 0 fully saturated rings. The van der Waals surface area contributed by atoms with E-state index in [2.05, 4.69) is 29.1 Å². The topological polar surface area (TPSA) is 12.4 Å². The average molecular weight is 516 g/mol. The van der Waals surface area contributed by atoms with Crippen molar-refractivity contribution in [2.24, 2.45) is 4.99 Å². The number of thiophene rings is 2. The van der Waals surface area contributed by atoms with E-state index in [0.717, 1.165) is 15.8 Å². The summed E-state index contributed by atoms with van der Waals surface area (Å²) in [5.41, 5.74) is 0.715. The monoisotopic (exact) mass is 515 g/mol. The molecule has 0 spiro atoms. The minimum Gasteiger partial charge on any atom is -0.206 e. The summed E-state index contributed by atoms with van der Waals surface area (Å²) in [6.45, 7) is 3.72. The molecular formula is C26H17F4NS3. The summed E-state index contributed by atoms with van der Waals surface area (Å²) in [7, 11) is 0. The van der Waals surface area contributed by atoms with E-state index in [0.29, 0.717) is 39.3 Å². The highest BCUT2D eigenvalue weighted by Gasteiger charge is 2.20. The number of hydrogen-bond donors (Lipinski definition) is 0. The molecule has 0 aliphatic carbocycles. The van der Waals surface area contributed by atoms with Gasteiger partial charge in [-0.15, -0.1) is 22.7 Å². The molecule has 0 amide bonds. The van der Waals surface area contributed by atoms with Crippen LogP contribution in [0.4, 0.5) is 23.2 Å². The van der Waals surface area contributed by atoms with Crippen LogP contribution in [0, 0.1) is 35.1 Å². The molecule has 2 heterocycles. The lowest BCUT2D eigenvalue weighted by Gasteiger charge is -2.10. The molecule has 0 radical (unpaired) electrons. The molecule has 2 aromatic heterocycles. The van der Waals surface area contributed by atoms with Gasteiger partial charge in [0.25, 0.3) is 0 Å². The van der Waals surface area contributed by atoms with Gasteiger partial charge in [-0.3, -0.25) is 0 Å². The lowest BCUT2D eigenvalue weighted by Crippen LogP contribution is -1.95. The van der Waals surface area contributed by atoms with Gasteiger partial charge in [-0.1, -0.05) is 32.1 Å². The number of nitrogens with zero attached hydrogens (tertiary/aromatic N) is 1. The highest BCUT2D eigenvalue weighted by atomic mass is 32.1. The van der Waals surface area contributed by atoms with Crippen LogP contribution in [0.3, 0.4) is 0 Å². The van der Waals surface area contributed by atoms with E-state index >= 15 is 0 Å². The Labute approximate surface area is 207 Å². The lowest BCUT2D eigenvalue weighted by atomic mass is 10.0. The minimum atomic E-state index is -0.806. The van der Waals surface area contributed by atoms with E-state index in [1.54, 1.807) is 6.92 Å². The molecule has 8 heteroatoms. The summed E-state index contributed by atoms with van der Waals surface area (Å²) in [5, 5.41) is 2.01. The summed E-state index contributed by atoms with van der Waals surface area (Å²) in [5.74, 6) is 2.55. The van der Waals surface area contributed by atoms with Gasteiger partial charge in [-0.25, -0.2) is 17.6 Å². The maximum atomic E-state index is 14.8. The molecule has 0 N–H and O–H groups in total. The first kappa shape index (κ1) is 24.3. The van der Waals surface area contributed by atoms with Crippen LogP contribution >= 0.6 is 34.9 Å². The smallest absolute Gasteiger partial charge is 0.156 e. The third-order valence-corrected chi connectivity index (χ3v) is 7.56. The number of halogens is 4. The summed E-state index contributed by atoms with van der Waals surface area (Å²) in [4.78, 5) is 4.86. The van der Waals surface area contributed by atoms with Gasteiger partial charge < -0.3 is 0 Å². The normalized spacial score (nSPS) is 10.8. The molecule has 4 aromatic rings. The molecule has 0 bridgehead atoms. The highest BCUT2D eigenvalue weighted by molar-refractivity contribution is 7.78. The molecule has 0 aliphatic heterocycles. The van der Waals surface area contributed by atoms with Crippen LogP contribution in [-0.4, -0.2) is 5.16 Å². The molecule has 4 rings (SSSR count). The van der Waals surface area contributed by atoms with Crippen molar-refractivity contribution < 1.29 is 17.6 Å². The number of thiocarbonyl (C=S) groups is 1. The maximum absolute atomic E-state index is 14.8. The third kappa shape index (κ3) is 4.70. The Morgan fingerprint density at radius 3 is 2.21 bits per heavy atom. The number of fused-ring (bicyclic) bond motifs is 1. The number of isothiocyanates is 1. The van der Waals surface area contributed by atoms with Gasteiger partial charge in [0.05, 0.1) is 15.6 Å². The second-order valence-corrected chi connectivity index (χ2v) is 9.84. The summed E-state index contributed by atoms with van der Waals surface area (Å²) in [6.07, 6.45) is 1.74. The van der Waals surface area contributed by atoms with Crippen LogP contribution in [0.2, 0.25) is 0 Å². The van der Waals surface area contributed by atoms with Crippen LogP contribution in [0.25, 0.3) is 19.8 Å². The fraction of sp³-hybridized carbons (Fsp3) is 0.192. The third-order valence-electron chi connectivity index (χ3n) is 5.23. The van der Waals surface area contributed by atoms with E-state index < -0.39 is 29.0 Å². The molecule has 1 nitrogen and oxygen atoms in total. The fourth-order valence-electron chi connectivity index (χ4n) is 3.69. The van der Waals surface area contributed by atoms with Gasteiger partial charge in [-0.2, -0.15) is 4.99 Å². The van der Waals surface area contributed by atoms with Crippen molar-refractivity contribution in [2.45, 2.75) is 33.1 Å². The predicted molar refractivity (Wildman–Crippen MR) is 135 cm³/mol. The van der Waals surface area contributed by atoms with Crippen LogP contribution in [-0.2, 0) is 12.8 Å². The quantitative estimate of drug-likeness (QED) is 0.112. The summed E-state index contributed by atoms with van der Waals surface area (Å²) < 4.78 is 59.6. The standard InChI is InChI=1S/C26H17F4NS3/c1-3-5-14-8-19(27)17(20(28)9-14)7-6-15-10-23-24(33-15)12-22(34-23)18-11-21(29)26(31-13-32)25(30)16(18)4-2/h8-12H,3-5H2,1-2H3. The summed E-state index contributed by atoms with van der Waals surface area (Å²) in [6, 6.07) is 7.56. The molecular weight excluding hydrogens is 498 g/mol. The van der Waals surface area contributed by atoms with Crippen molar-refractivity contribution in [2.75, 3.05) is 0 Å². The van der Waals surface area contributed by atoms with Crippen LogP contribution in [0.5, 0.6) is 0 Å². The van der Waals surface area contributed by atoms with Crippen molar-refractivity contribution in [3.05, 3.63) is 75.2 Å². The molecule has 34 heavy (non-hydrogen) atoms. The second-order valence-electron chi connectivity index (χ2n) is 7.49. The van der Waals surface area contributed by atoms with Crippen molar-refractivity contribution in [1.29, 1.82) is 0 Å². The van der Waals surface area contributed by atoms with E-state index in [1.807, 2.05) is 24.2 Å². The molecule has 0 atom stereocenters. The first-order chi connectivity index (χ1) is 16.4. The maximum Gasteiger partial charge on any atom is 0.156 e. The zero-order chi connectivity index (χ0) is 24.4. The van der Waals surface area contributed by atoms with Crippen molar-refractivity contribution in [3.8, 4) is 22.3 Å². The van der Waals surface area contributed by atoms with Gasteiger partial charge in [0.15, 0.2) is 11.6 Å². The predicted octanol–water partition coefficient (Wildman–Crippen LogP) is 8.84. The first-order valence-electron chi connectivity index (χ1n) is 10.5. The summed E-state index contributed by atoms with van der Waals surface area (Å²) >= 11 is 7.20. The van der Waals surface area contributed by atoms with E-state index in [9.17, 15) is 17.6 Å². The second kappa shape index (κ2) is 10.2. The zero-order valence-corrected chi connectivity index (χ0v) is 20.6. The largest absolute Gasteiger partial charge is 0.206 e. The lowest BCUT2D eigenvalue weighted by molar-refractivity contribution is 0.573. The Balaban J connectivity index is 1.69. The number of aryl methyl sites for hydroxylation is 1. The number of hydrogen-bond acceptors (Lipinski definition) is 4. The number of benzene rings is 2. The first-order valence-corrected chi connectivity index (χ1v) is 12.5. The molecule has 172 valence electrons. The van der Waals surface area contributed by atoms with Gasteiger partial charge in [0.2, 0.25) is 0 Å². The Kier molecular flexibility index (Phi) is 7.30. The van der Waals surface area contributed by atoms with Gasteiger partial charge >= 0.3 is 0 Å². The van der Waals surface area contributed by atoms with E-state index in [1.165, 1.54) is 40.9 Å². The Morgan fingerprint density at radius 1 is 0.882 bits per heavy atom. The SMILES string of the molecule is CCCc1cc(F)c(C#Cc2cc3sc(-c4cc(F)c(N=C=S)c(F)c4CC)cc3s2)c(F)c1. The van der Waals surface area contributed by atoms with Crippen LogP contribution in [0.1, 0.15) is 41.8 Å². The van der Waals surface area contributed by atoms with E-state index in [4.69, 9.17) is 0 Å². The van der Waals surface area contributed by atoms with Gasteiger partial charge in [0, 0.05) is 19.8 Å². The average Bonchev–Trinajstić information content (AvgIpc) is 3.35. The molecule has 0 saturated carbocycles. The fourth-order valence-corrected chi connectivity index (χ4v) is 6.08. The van der Waals surface area contributed by atoms with Gasteiger partial charge in [0.1, 0.15) is 17.3 Å². The minimum absolute atomic E-state index is 0.255. The Morgan fingerprint density at radius 2 is 1.59 bits per heavy atom. The number of aliphatic imine (C=N–C) groups is 1. The van der Waals surface area contributed by atoms with E-state index in [-0.39, 0.29) is 5.56 Å². The molecule has 0 saturated heterocycles. The molecule has 2 aromatic carbocycles.